The van der Waals surface area contributed by atoms with Gasteiger partial charge in [-0.15, -0.1) is 0 Å². The molecule has 0 unspecified atom stereocenters. The van der Waals surface area contributed by atoms with Crippen LogP contribution in [0.5, 0.6) is 0 Å². The SMILES string of the molecule is c1ccc(-c2cccc3[nH]c(-c4n[nH]c5cnc(-c6ccncc6)cc45)nc23)nc1. The first-order valence-electron chi connectivity index (χ1n) is 9.52. The lowest BCUT2D eigenvalue weighted by atomic mass is 10.1. The number of pyridine rings is 3. The van der Waals surface area contributed by atoms with Gasteiger partial charge in [-0.3, -0.25) is 20.1 Å². The van der Waals surface area contributed by atoms with Gasteiger partial charge in [-0.1, -0.05) is 18.2 Å². The minimum atomic E-state index is 0.700. The number of rotatable bonds is 3. The van der Waals surface area contributed by atoms with E-state index in [9.17, 15) is 0 Å². The molecule has 0 amide bonds. The van der Waals surface area contributed by atoms with Crippen molar-refractivity contribution < 1.29 is 0 Å². The molecule has 5 aromatic heterocycles. The third-order valence-electron chi connectivity index (χ3n) is 5.10. The summed E-state index contributed by atoms with van der Waals surface area (Å²) in [6, 6.07) is 17.8. The van der Waals surface area contributed by atoms with E-state index in [1.165, 1.54) is 0 Å². The van der Waals surface area contributed by atoms with Crippen LogP contribution in [0.2, 0.25) is 0 Å². The maximum atomic E-state index is 4.88. The molecular formula is C23H15N7. The van der Waals surface area contributed by atoms with Gasteiger partial charge in [0.05, 0.1) is 34.1 Å². The number of nitrogens with zero attached hydrogens (tertiary/aromatic N) is 5. The zero-order valence-electron chi connectivity index (χ0n) is 15.7. The molecule has 0 radical (unpaired) electrons. The molecule has 0 atom stereocenters. The Bertz CT molecular complexity index is 1480. The molecule has 30 heavy (non-hydrogen) atoms. The van der Waals surface area contributed by atoms with Crippen LogP contribution in [0, 0.1) is 0 Å². The molecule has 2 N–H and O–H groups in total. The van der Waals surface area contributed by atoms with Crippen molar-refractivity contribution in [1.29, 1.82) is 0 Å². The van der Waals surface area contributed by atoms with Crippen molar-refractivity contribution in [2.45, 2.75) is 0 Å². The van der Waals surface area contributed by atoms with Gasteiger partial charge in [-0.2, -0.15) is 5.10 Å². The normalized spacial score (nSPS) is 11.3. The second-order valence-electron chi connectivity index (χ2n) is 6.93. The molecule has 1 aromatic carbocycles. The highest BCUT2D eigenvalue weighted by atomic mass is 15.1. The number of aromatic nitrogens is 7. The molecule has 0 saturated heterocycles. The third kappa shape index (κ3) is 2.64. The number of nitrogens with one attached hydrogen (secondary N) is 2. The highest BCUT2D eigenvalue weighted by Crippen LogP contribution is 2.31. The molecule has 0 fully saturated rings. The van der Waals surface area contributed by atoms with Crippen LogP contribution in [-0.2, 0) is 0 Å². The maximum absolute atomic E-state index is 4.88. The smallest absolute Gasteiger partial charge is 0.159 e. The highest BCUT2D eigenvalue weighted by molar-refractivity contribution is 5.97. The molecule has 6 rings (SSSR count). The largest absolute Gasteiger partial charge is 0.337 e. The monoisotopic (exact) mass is 389 g/mol. The molecule has 7 nitrogen and oxygen atoms in total. The average Bonchev–Trinajstić information content (AvgIpc) is 3.43. The van der Waals surface area contributed by atoms with Crippen molar-refractivity contribution in [3.8, 4) is 34.0 Å². The lowest BCUT2D eigenvalue weighted by molar-refractivity contribution is 1.10. The van der Waals surface area contributed by atoms with Crippen molar-refractivity contribution in [3.63, 3.8) is 0 Å². The molecule has 5 heterocycles. The Morgan fingerprint density at radius 1 is 0.767 bits per heavy atom. The van der Waals surface area contributed by atoms with Crippen LogP contribution in [0.4, 0.5) is 0 Å². The summed E-state index contributed by atoms with van der Waals surface area (Å²) in [4.78, 5) is 21.4. The number of imidazole rings is 1. The third-order valence-corrected chi connectivity index (χ3v) is 5.10. The lowest BCUT2D eigenvalue weighted by Crippen LogP contribution is -1.85. The van der Waals surface area contributed by atoms with Crippen LogP contribution >= 0.6 is 0 Å². The molecule has 0 bridgehead atoms. The maximum Gasteiger partial charge on any atom is 0.159 e. The molecule has 7 heteroatoms. The first-order chi connectivity index (χ1) is 14.9. The van der Waals surface area contributed by atoms with Gasteiger partial charge in [-0.25, -0.2) is 4.98 Å². The average molecular weight is 389 g/mol. The topological polar surface area (TPSA) is 96.0 Å². The Morgan fingerprint density at radius 2 is 1.70 bits per heavy atom. The van der Waals surface area contributed by atoms with E-state index in [-0.39, 0.29) is 0 Å². The van der Waals surface area contributed by atoms with Crippen LogP contribution in [-0.4, -0.2) is 35.1 Å². The molecule has 0 aliphatic rings. The van der Waals surface area contributed by atoms with Gasteiger partial charge in [0.2, 0.25) is 0 Å². The van der Waals surface area contributed by atoms with Crippen LogP contribution in [0.25, 0.3) is 56.0 Å². The summed E-state index contributed by atoms with van der Waals surface area (Å²) < 4.78 is 0. The van der Waals surface area contributed by atoms with Gasteiger partial charge in [0.25, 0.3) is 0 Å². The number of benzene rings is 1. The second-order valence-corrected chi connectivity index (χ2v) is 6.93. The highest BCUT2D eigenvalue weighted by Gasteiger charge is 2.16. The van der Waals surface area contributed by atoms with Crippen molar-refractivity contribution >= 4 is 21.9 Å². The van der Waals surface area contributed by atoms with Crippen molar-refractivity contribution in [1.82, 2.24) is 35.1 Å². The van der Waals surface area contributed by atoms with Crippen LogP contribution in [0.3, 0.4) is 0 Å². The van der Waals surface area contributed by atoms with E-state index in [4.69, 9.17) is 4.98 Å². The minimum Gasteiger partial charge on any atom is -0.337 e. The van der Waals surface area contributed by atoms with Crippen molar-refractivity contribution in [2.24, 2.45) is 0 Å². The van der Waals surface area contributed by atoms with Crippen LogP contribution in [0.1, 0.15) is 0 Å². The number of para-hydroxylation sites is 1. The van der Waals surface area contributed by atoms with E-state index in [1.54, 1.807) is 24.8 Å². The fraction of sp³-hybridized carbons (Fsp3) is 0. The van der Waals surface area contributed by atoms with E-state index in [0.29, 0.717) is 5.82 Å². The molecule has 0 spiro atoms. The van der Waals surface area contributed by atoms with Crippen molar-refractivity contribution in [2.75, 3.05) is 0 Å². The van der Waals surface area contributed by atoms with E-state index in [2.05, 4.69) is 30.1 Å². The van der Waals surface area contributed by atoms with Gasteiger partial charge in [0, 0.05) is 35.1 Å². The number of fused-ring (bicyclic) bond motifs is 2. The zero-order valence-corrected chi connectivity index (χ0v) is 15.7. The molecule has 0 aliphatic heterocycles. The van der Waals surface area contributed by atoms with E-state index in [1.807, 2.05) is 54.6 Å². The standard InChI is InChI=1S/C23H15N7/c1-2-9-25-17(5-1)15-4-3-6-18-21(15)28-23(27-18)22-16-12-19(14-7-10-24-11-8-14)26-13-20(16)29-30-22/h1-13H,(H,27,28)(H,29,30). The fourth-order valence-electron chi connectivity index (χ4n) is 3.65. The molecule has 142 valence electrons. The van der Waals surface area contributed by atoms with E-state index >= 15 is 0 Å². The Balaban J connectivity index is 1.52. The van der Waals surface area contributed by atoms with Gasteiger partial charge >= 0.3 is 0 Å². The number of H-pyrrole nitrogens is 2. The Morgan fingerprint density at radius 3 is 2.57 bits per heavy atom. The summed E-state index contributed by atoms with van der Waals surface area (Å²) in [6.07, 6.45) is 7.10. The molecule has 0 saturated carbocycles. The Labute approximate surface area is 170 Å². The van der Waals surface area contributed by atoms with Gasteiger partial charge < -0.3 is 4.98 Å². The summed E-state index contributed by atoms with van der Waals surface area (Å²) in [5.74, 6) is 0.700. The predicted molar refractivity (Wildman–Crippen MR) is 115 cm³/mol. The van der Waals surface area contributed by atoms with Crippen molar-refractivity contribution in [3.05, 3.63) is 79.4 Å². The van der Waals surface area contributed by atoms with E-state index < -0.39 is 0 Å². The quantitative estimate of drug-likeness (QED) is 0.460. The summed E-state index contributed by atoms with van der Waals surface area (Å²) in [6.45, 7) is 0. The summed E-state index contributed by atoms with van der Waals surface area (Å²) in [7, 11) is 0. The number of aromatic amines is 2. The van der Waals surface area contributed by atoms with Crippen LogP contribution in [0.15, 0.2) is 79.4 Å². The lowest BCUT2D eigenvalue weighted by Gasteiger charge is -2.00. The molecular weight excluding hydrogens is 374 g/mol. The van der Waals surface area contributed by atoms with E-state index in [0.717, 1.165) is 50.1 Å². The minimum absolute atomic E-state index is 0.700. The Hall–Kier alpha value is -4.39. The first-order valence-corrected chi connectivity index (χ1v) is 9.52. The number of hydrogen-bond acceptors (Lipinski definition) is 5. The Kier molecular flexibility index (Phi) is 3.64. The van der Waals surface area contributed by atoms with Crippen LogP contribution < -0.4 is 0 Å². The zero-order chi connectivity index (χ0) is 19.9. The predicted octanol–water partition coefficient (Wildman–Crippen LogP) is 4.63. The summed E-state index contributed by atoms with van der Waals surface area (Å²) in [5, 5.41) is 8.52. The summed E-state index contributed by atoms with van der Waals surface area (Å²) in [5.41, 5.74) is 7.14. The molecule has 0 aliphatic carbocycles. The number of hydrogen-bond donors (Lipinski definition) is 2. The van der Waals surface area contributed by atoms with Gasteiger partial charge in [0.15, 0.2) is 5.82 Å². The first kappa shape index (κ1) is 16.6. The molecule has 6 aromatic rings. The van der Waals surface area contributed by atoms with Gasteiger partial charge in [0.1, 0.15) is 5.69 Å². The fourth-order valence-corrected chi connectivity index (χ4v) is 3.65. The second kappa shape index (κ2) is 6.59. The van der Waals surface area contributed by atoms with Gasteiger partial charge in [-0.05, 0) is 36.4 Å². The summed E-state index contributed by atoms with van der Waals surface area (Å²) >= 11 is 0.